The fraction of sp³-hybridized carbons (Fsp3) is 0.400. The topological polar surface area (TPSA) is 54.9 Å². The number of nitrogens with one attached hydrogen (secondary N) is 1. The van der Waals surface area contributed by atoms with Gasteiger partial charge < -0.3 is 5.32 Å². The summed E-state index contributed by atoms with van der Waals surface area (Å²) >= 11 is 13.9. The van der Waals surface area contributed by atoms with Crippen molar-refractivity contribution in [2.24, 2.45) is 0 Å². The van der Waals surface area contributed by atoms with Crippen molar-refractivity contribution >= 4 is 46.4 Å². The van der Waals surface area contributed by atoms with E-state index in [-0.39, 0.29) is 26.7 Å². The number of hydroxylamine groups is 1. The Balaban J connectivity index is 1.95. The van der Waals surface area contributed by atoms with E-state index in [4.69, 9.17) is 28.0 Å². The number of carbonyl (C=O) groups is 1. The standard InChI is InChI=1S/C25H27Cl2F3N2O2S/c1-15-7-17(5-6-21(15)16(2)32-23(3)13-35-14-23)22(33)11-24(12-31-34-4,25(28,29)30)18-8-19(26)10-20(27)9-18/h5-10,31-32H,2,11-14H2,1,3-4H3/p+1. The minimum absolute atomic E-state index is 0.0366. The SMILES string of the molecule is C=C(NC1(C)CSC1)c1ccc(C(=O)CC(C[NH2+]OC)(c2cc(Cl)cc(Cl)c2)C(F)(F)F)cc1C. The number of quaternary nitrogens is 1. The molecular weight excluding hydrogens is 520 g/mol. The number of benzene rings is 2. The van der Waals surface area contributed by atoms with Crippen LogP contribution in [-0.4, -0.2) is 42.7 Å². The molecule has 1 saturated heterocycles. The lowest BCUT2D eigenvalue weighted by molar-refractivity contribution is -0.894. The van der Waals surface area contributed by atoms with Crippen LogP contribution in [-0.2, 0) is 10.3 Å². The van der Waals surface area contributed by atoms with Crippen molar-refractivity contribution in [3.05, 3.63) is 75.3 Å². The molecule has 1 fully saturated rings. The quantitative estimate of drug-likeness (QED) is 0.302. The van der Waals surface area contributed by atoms with Gasteiger partial charge in [-0.15, -0.1) is 0 Å². The lowest BCUT2D eigenvalue weighted by Crippen LogP contribution is -2.87. The fourth-order valence-corrected chi connectivity index (χ4v) is 5.68. The summed E-state index contributed by atoms with van der Waals surface area (Å²) in [6, 6.07) is 8.61. The van der Waals surface area contributed by atoms with Gasteiger partial charge in [-0.1, -0.05) is 41.9 Å². The average molecular weight is 548 g/mol. The van der Waals surface area contributed by atoms with Gasteiger partial charge in [-0.25, -0.2) is 10.3 Å². The van der Waals surface area contributed by atoms with Gasteiger partial charge in [0.15, 0.2) is 5.78 Å². The maximum Gasteiger partial charge on any atom is 0.404 e. The number of hydrogen-bond donors (Lipinski definition) is 2. The average Bonchev–Trinajstić information content (AvgIpc) is 2.73. The van der Waals surface area contributed by atoms with Crippen LogP contribution in [0.4, 0.5) is 13.2 Å². The molecule has 0 amide bonds. The first-order chi connectivity index (χ1) is 16.3. The van der Waals surface area contributed by atoms with Crippen molar-refractivity contribution in [2.45, 2.75) is 37.4 Å². The summed E-state index contributed by atoms with van der Waals surface area (Å²) in [6.07, 6.45) is -5.62. The highest BCUT2D eigenvalue weighted by atomic mass is 35.5. The third-order valence-corrected chi connectivity index (χ3v) is 8.30. The molecule has 0 aromatic heterocycles. The maximum atomic E-state index is 14.6. The number of ketones is 1. The highest BCUT2D eigenvalue weighted by molar-refractivity contribution is 8.00. The highest BCUT2D eigenvalue weighted by Crippen LogP contribution is 2.45. The summed E-state index contributed by atoms with van der Waals surface area (Å²) in [6.45, 7) is 7.45. The summed E-state index contributed by atoms with van der Waals surface area (Å²) in [7, 11) is 1.26. The summed E-state index contributed by atoms with van der Waals surface area (Å²) in [5.74, 6) is 1.28. The zero-order valence-corrected chi connectivity index (χ0v) is 22.0. The van der Waals surface area contributed by atoms with E-state index in [0.717, 1.165) is 33.8 Å². The lowest BCUT2D eigenvalue weighted by atomic mass is 9.74. The van der Waals surface area contributed by atoms with E-state index in [0.29, 0.717) is 0 Å². The van der Waals surface area contributed by atoms with Gasteiger partial charge in [0.25, 0.3) is 0 Å². The summed E-state index contributed by atoms with van der Waals surface area (Å²) in [5.41, 5.74) is 0.710. The van der Waals surface area contributed by atoms with Crippen LogP contribution < -0.4 is 10.8 Å². The molecule has 0 spiro atoms. The predicted molar refractivity (Wildman–Crippen MR) is 136 cm³/mol. The first kappa shape index (κ1) is 27.9. The molecule has 4 nitrogen and oxygen atoms in total. The Labute approximate surface area is 217 Å². The third kappa shape index (κ3) is 6.17. The lowest BCUT2D eigenvalue weighted by Gasteiger charge is -2.40. The van der Waals surface area contributed by atoms with Crippen LogP contribution in [0.25, 0.3) is 5.70 Å². The largest absolute Gasteiger partial charge is 0.404 e. The summed E-state index contributed by atoms with van der Waals surface area (Å²) in [4.78, 5) is 18.1. The van der Waals surface area contributed by atoms with Gasteiger partial charge in [0.1, 0.15) is 12.0 Å². The Morgan fingerprint density at radius 1 is 1.20 bits per heavy atom. The molecule has 3 N–H and O–H groups in total. The molecule has 1 aliphatic heterocycles. The Bertz CT molecular complexity index is 1100. The number of hydrogen-bond acceptors (Lipinski definition) is 4. The molecule has 10 heteroatoms. The van der Waals surface area contributed by atoms with E-state index in [9.17, 15) is 18.0 Å². The number of rotatable bonds is 10. The minimum Gasteiger partial charge on any atom is -0.378 e. The van der Waals surface area contributed by atoms with Gasteiger partial charge in [-0.05, 0) is 54.8 Å². The van der Waals surface area contributed by atoms with Crippen molar-refractivity contribution in [3.8, 4) is 0 Å². The van der Waals surface area contributed by atoms with E-state index in [1.807, 2.05) is 18.7 Å². The van der Waals surface area contributed by atoms with E-state index in [2.05, 4.69) is 18.8 Å². The Kier molecular flexibility index (Phi) is 8.54. The number of halogens is 5. The first-order valence-corrected chi connectivity index (χ1v) is 12.8. The predicted octanol–water partition coefficient (Wildman–Crippen LogP) is 5.57. The van der Waals surface area contributed by atoms with Crippen LogP contribution in [0.5, 0.6) is 0 Å². The van der Waals surface area contributed by atoms with Crippen molar-refractivity contribution < 1.29 is 28.3 Å². The van der Waals surface area contributed by atoms with Crippen LogP contribution in [0.15, 0.2) is 43.0 Å². The van der Waals surface area contributed by atoms with Crippen LogP contribution in [0.2, 0.25) is 10.0 Å². The monoisotopic (exact) mass is 547 g/mol. The van der Waals surface area contributed by atoms with Crippen molar-refractivity contribution in [1.29, 1.82) is 0 Å². The summed E-state index contributed by atoms with van der Waals surface area (Å²) < 4.78 is 43.9. The molecule has 0 bridgehead atoms. The van der Waals surface area contributed by atoms with E-state index in [1.165, 1.54) is 25.3 Å². The molecule has 3 rings (SSSR count). The molecule has 0 aliphatic carbocycles. The number of thioether (sulfide) groups is 1. The molecule has 190 valence electrons. The molecule has 1 aliphatic rings. The number of nitrogens with two attached hydrogens (primary N) is 1. The molecule has 2 aromatic carbocycles. The van der Waals surface area contributed by atoms with Gasteiger partial charge in [-0.2, -0.15) is 24.9 Å². The highest BCUT2D eigenvalue weighted by Gasteiger charge is 2.59. The van der Waals surface area contributed by atoms with E-state index >= 15 is 0 Å². The zero-order chi connectivity index (χ0) is 26.0. The smallest absolute Gasteiger partial charge is 0.378 e. The van der Waals surface area contributed by atoms with Gasteiger partial charge in [0, 0.05) is 39.2 Å². The van der Waals surface area contributed by atoms with Crippen LogP contribution in [0.3, 0.4) is 0 Å². The van der Waals surface area contributed by atoms with E-state index < -0.39 is 30.3 Å². The maximum absolute atomic E-state index is 14.6. The third-order valence-electron chi connectivity index (χ3n) is 6.19. The molecule has 0 saturated carbocycles. The fourth-order valence-electron chi connectivity index (χ4n) is 4.19. The normalized spacial score (nSPS) is 16.8. The Hall–Kier alpha value is -1.71. The zero-order valence-electron chi connectivity index (χ0n) is 19.7. The Morgan fingerprint density at radius 2 is 1.83 bits per heavy atom. The van der Waals surface area contributed by atoms with Gasteiger partial charge in [-0.3, -0.25) is 4.79 Å². The van der Waals surface area contributed by atoms with Crippen LogP contribution in [0.1, 0.15) is 40.4 Å². The first-order valence-electron chi connectivity index (χ1n) is 10.9. The van der Waals surface area contributed by atoms with Gasteiger partial charge in [0.2, 0.25) is 0 Å². The summed E-state index contributed by atoms with van der Waals surface area (Å²) in [5, 5.41) is 3.52. The van der Waals surface area contributed by atoms with Crippen molar-refractivity contribution in [3.63, 3.8) is 0 Å². The van der Waals surface area contributed by atoms with Crippen LogP contribution >= 0.6 is 35.0 Å². The number of alkyl halides is 3. The molecule has 1 heterocycles. The van der Waals surface area contributed by atoms with Crippen molar-refractivity contribution in [1.82, 2.24) is 5.32 Å². The second kappa shape index (κ2) is 10.7. The van der Waals surface area contributed by atoms with Crippen LogP contribution in [0, 0.1) is 6.92 Å². The molecular formula is C25H28Cl2F3N2O2S+. The second-order valence-electron chi connectivity index (χ2n) is 9.13. The van der Waals surface area contributed by atoms with Gasteiger partial charge in [0.05, 0.1) is 12.6 Å². The Morgan fingerprint density at radius 3 is 2.31 bits per heavy atom. The molecule has 35 heavy (non-hydrogen) atoms. The molecule has 1 unspecified atom stereocenters. The number of carbonyl (C=O) groups excluding carboxylic acids is 1. The molecule has 2 aromatic rings. The minimum atomic E-state index is -4.78. The number of aryl methyl sites for hydroxylation is 1. The van der Waals surface area contributed by atoms with E-state index in [1.54, 1.807) is 18.2 Å². The second-order valence-corrected chi connectivity index (χ2v) is 11.0. The van der Waals surface area contributed by atoms with Gasteiger partial charge >= 0.3 is 6.18 Å². The molecule has 1 atom stereocenters. The molecule has 0 radical (unpaired) electrons. The number of Topliss-reactive ketones (excluding diaryl/α,β-unsaturated/α-hetero) is 1. The van der Waals surface area contributed by atoms with Crippen molar-refractivity contribution in [2.75, 3.05) is 25.2 Å².